The van der Waals surface area contributed by atoms with Crippen molar-refractivity contribution in [2.24, 2.45) is 5.73 Å². The minimum absolute atomic E-state index is 0.178. The van der Waals surface area contributed by atoms with E-state index in [0.29, 0.717) is 19.4 Å². The summed E-state index contributed by atoms with van der Waals surface area (Å²) in [7, 11) is 0. The maximum absolute atomic E-state index is 10.8. The fourth-order valence-electron chi connectivity index (χ4n) is 1.25. The predicted octanol–water partition coefficient (Wildman–Crippen LogP) is 0.0883. The highest BCUT2D eigenvalue weighted by atomic mass is 16.1. The molecule has 0 atom stereocenters. The van der Waals surface area contributed by atoms with E-state index in [1.807, 2.05) is 0 Å². The Kier molecular flexibility index (Phi) is 3.49. The van der Waals surface area contributed by atoms with Gasteiger partial charge in [0.2, 0.25) is 5.91 Å². The highest BCUT2D eigenvalue weighted by molar-refractivity contribution is 5.92. The van der Waals surface area contributed by atoms with Crippen molar-refractivity contribution in [2.45, 2.75) is 25.7 Å². The van der Waals surface area contributed by atoms with Crippen molar-refractivity contribution < 1.29 is 9.59 Å². The maximum atomic E-state index is 10.8. The van der Waals surface area contributed by atoms with E-state index in [1.54, 1.807) is 6.08 Å². The van der Waals surface area contributed by atoms with Gasteiger partial charge < -0.3 is 11.1 Å². The zero-order chi connectivity index (χ0) is 9.68. The van der Waals surface area contributed by atoms with Crippen molar-refractivity contribution in [3.8, 4) is 0 Å². The zero-order valence-corrected chi connectivity index (χ0v) is 7.51. The Morgan fingerprint density at radius 2 is 2.31 bits per heavy atom. The maximum Gasteiger partial charge on any atom is 0.217 e. The summed E-state index contributed by atoms with van der Waals surface area (Å²) >= 11 is 0. The summed E-state index contributed by atoms with van der Waals surface area (Å²) in [6, 6.07) is 0. The Hall–Kier alpha value is -1.32. The molecule has 1 rings (SSSR count). The number of hydrogen-bond acceptors (Lipinski definition) is 3. The molecule has 0 heterocycles. The van der Waals surface area contributed by atoms with E-state index in [0.717, 1.165) is 18.5 Å². The van der Waals surface area contributed by atoms with Gasteiger partial charge in [0, 0.05) is 31.2 Å². The molecule has 0 unspecified atom stereocenters. The van der Waals surface area contributed by atoms with Crippen LogP contribution >= 0.6 is 0 Å². The molecule has 1 aliphatic carbocycles. The van der Waals surface area contributed by atoms with E-state index in [2.05, 4.69) is 5.32 Å². The van der Waals surface area contributed by atoms with Crippen LogP contribution in [0.5, 0.6) is 0 Å². The van der Waals surface area contributed by atoms with E-state index in [4.69, 9.17) is 5.73 Å². The smallest absolute Gasteiger partial charge is 0.217 e. The first-order chi connectivity index (χ1) is 6.18. The van der Waals surface area contributed by atoms with Gasteiger partial charge in [0.15, 0.2) is 5.78 Å². The molecule has 0 fully saturated rings. The number of primary amides is 1. The van der Waals surface area contributed by atoms with Crippen LogP contribution in [0.4, 0.5) is 0 Å². The van der Waals surface area contributed by atoms with Gasteiger partial charge in [0.25, 0.3) is 0 Å². The fourth-order valence-corrected chi connectivity index (χ4v) is 1.25. The Morgan fingerprint density at radius 1 is 1.54 bits per heavy atom. The van der Waals surface area contributed by atoms with Gasteiger partial charge in [-0.05, 0) is 12.8 Å². The molecule has 0 saturated heterocycles. The molecule has 0 aromatic carbocycles. The first kappa shape index (κ1) is 9.77. The molecule has 0 aliphatic heterocycles. The highest BCUT2D eigenvalue weighted by Gasteiger charge is 2.10. The second-order valence-electron chi connectivity index (χ2n) is 3.13. The van der Waals surface area contributed by atoms with Gasteiger partial charge in [-0.1, -0.05) is 0 Å². The lowest BCUT2D eigenvalue weighted by atomic mass is 10.3. The van der Waals surface area contributed by atoms with Crippen LogP contribution < -0.4 is 11.1 Å². The number of nitrogens with one attached hydrogen (secondary N) is 1. The first-order valence-corrected chi connectivity index (χ1v) is 4.44. The van der Waals surface area contributed by atoms with E-state index >= 15 is 0 Å². The summed E-state index contributed by atoms with van der Waals surface area (Å²) < 4.78 is 0. The van der Waals surface area contributed by atoms with Crippen LogP contribution in [-0.2, 0) is 9.59 Å². The van der Waals surface area contributed by atoms with Crippen molar-refractivity contribution >= 4 is 11.7 Å². The molecular weight excluding hydrogens is 168 g/mol. The van der Waals surface area contributed by atoms with Crippen molar-refractivity contribution in [3.05, 3.63) is 11.8 Å². The number of rotatable bonds is 5. The summed E-state index contributed by atoms with van der Waals surface area (Å²) in [6.07, 6.45) is 4.16. The minimum Gasteiger partial charge on any atom is -0.388 e. The summed E-state index contributed by atoms with van der Waals surface area (Å²) in [5.41, 5.74) is 5.95. The van der Waals surface area contributed by atoms with Gasteiger partial charge in [-0.25, -0.2) is 0 Å². The quantitative estimate of drug-likeness (QED) is 0.592. The number of hydrogen-bond donors (Lipinski definition) is 2. The number of carbonyl (C=O) groups is 2. The van der Waals surface area contributed by atoms with Crippen LogP contribution in [0.25, 0.3) is 0 Å². The van der Waals surface area contributed by atoms with Crippen LogP contribution in [0, 0.1) is 0 Å². The van der Waals surface area contributed by atoms with Gasteiger partial charge >= 0.3 is 0 Å². The molecule has 4 nitrogen and oxygen atoms in total. The lowest BCUT2D eigenvalue weighted by molar-refractivity contribution is -0.118. The second kappa shape index (κ2) is 4.64. The first-order valence-electron chi connectivity index (χ1n) is 4.44. The van der Waals surface area contributed by atoms with E-state index in [-0.39, 0.29) is 11.7 Å². The van der Waals surface area contributed by atoms with Gasteiger partial charge in [-0.3, -0.25) is 9.59 Å². The molecule has 1 amide bonds. The minimum atomic E-state index is -0.279. The van der Waals surface area contributed by atoms with Crippen molar-refractivity contribution in [2.75, 3.05) is 6.54 Å². The van der Waals surface area contributed by atoms with Crippen LogP contribution in [-0.4, -0.2) is 18.2 Å². The third-order valence-corrected chi connectivity index (χ3v) is 1.93. The van der Waals surface area contributed by atoms with Crippen LogP contribution in [0.15, 0.2) is 11.8 Å². The van der Waals surface area contributed by atoms with Crippen LogP contribution in [0.2, 0.25) is 0 Å². The zero-order valence-electron chi connectivity index (χ0n) is 7.51. The Morgan fingerprint density at radius 3 is 2.85 bits per heavy atom. The summed E-state index contributed by atoms with van der Waals surface area (Å²) in [5.74, 6) is -0.101. The molecule has 0 aromatic rings. The van der Waals surface area contributed by atoms with Gasteiger partial charge in [-0.15, -0.1) is 0 Å². The number of amides is 1. The fraction of sp³-hybridized carbons (Fsp3) is 0.556. The second-order valence-corrected chi connectivity index (χ2v) is 3.13. The standard InChI is InChI=1S/C9H14N2O2/c10-9(13)2-1-5-11-7-3-4-8(12)6-7/h6,11H,1-5H2,(H2,10,13). The topological polar surface area (TPSA) is 72.2 Å². The molecule has 72 valence electrons. The molecule has 0 aromatic heterocycles. The molecular formula is C9H14N2O2. The average Bonchev–Trinajstić information content (AvgIpc) is 2.45. The van der Waals surface area contributed by atoms with E-state index in [9.17, 15) is 9.59 Å². The summed E-state index contributed by atoms with van der Waals surface area (Å²) in [6.45, 7) is 0.710. The third kappa shape index (κ3) is 3.73. The van der Waals surface area contributed by atoms with E-state index < -0.39 is 0 Å². The monoisotopic (exact) mass is 182 g/mol. The lowest BCUT2D eigenvalue weighted by Crippen LogP contribution is -2.17. The molecule has 0 bridgehead atoms. The van der Waals surface area contributed by atoms with E-state index in [1.165, 1.54) is 0 Å². The molecule has 0 radical (unpaired) electrons. The molecule has 0 spiro atoms. The lowest BCUT2D eigenvalue weighted by Gasteiger charge is -2.04. The molecule has 0 saturated carbocycles. The highest BCUT2D eigenvalue weighted by Crippen LogP contribution is 2.11. The Labute approximate surface area is 77.2 Å². The molecule has 4 heteroatoms. The summed E-state index contributed by atoms with van der Waals surface area (Å²) in [4.78, 5) is 21.2. The third-order valence-electron chi connectivity index (χ3n) is 1.93. The molecule has 1 aliphatic rings. The Bertz CT molecular complexity index is 246. The van der Waals surface area contributed by atoms with Crippen LogP contribution in [0.3, 0.4) is 0 Å². The van der Waals surface area contributed by atoms with Gasteiger partial charge in [0.1, 0.15) is 0 Å². The van der Waals surface area contributed by atoms with Crippen molar-refractivity contribution in [3.63, 3.8) is 0 Å². The molecule has 13 heavy (non-hydrogen) atoms. The molecule has 3 N–H and O–H groups in total. The SMILES string of the molecule is NC(=O)CCCNC1=CC(=O)CC1. The largest absolute Gasteiger partial charge is 0.388 e. The van der Waals surface area contributed by atoms with Crippen molar-refractivity contribution in [1.82, 2.24) is 5.32 Å². The Balaban J connectivity index is 2.10. The number of ketones is 1. The number of nitrogens with two attached hydrogens (primary N) is 1. The number of carbonyl (C=O) groups excluding carboxylic acids is 2. The number of allylic oxidation sites excluding steroid dienone is 2. The van der Waals surface area contributed by atoms with Crippen LogP contribution in [0.1, 0.15) is 25.7 Å². The van der Waals surface area contributed by atoms with Crippen molar-refractivity contribution in [1.29, 1.82) is 0 Å². The summed E-state index contributed by atoms with van der Waals surface area (Å²) in [5, 5.41) is 3.10. The van der Waals surface area contributed by atoms with Gasteiger partial charge in [0.05, 0.1) is 0 Å². The normalized spacial score (nSPS) is 15.7. The van der Waals surface area contributed by atoms with Gasteiger partial charge in [-0.2, -0.15) is 0 Å². The predicted molar refractivity (Wildman–Crippen MR) is 48.8 cm³/mol. The average molecular weight is 182 g/mol.